The maximum absolute atomic E-state index is 10.6. The van der Waals surface area contributed by atoms with Gasteiger partial charge in [0.05, 0.1) is 0 Å². The summed E-state index contributed by atoms with van der Waals surface area (Å²) in [6, 6.07) is 15.2. The highest BCUT2D eigenvalue weighted by molar-refractivity contribution is 5.73. The minimum absolute atomic E-state index is 0.0931. The van der Waals surface area contributed by atoms with E-state index in [1.165, 1.54) is 0 Å². The van der Waals surface area contributed by atoms with Crippen LogP contribution in [0.5, 0.6) is 17.2 Å². The number of hydrogen-bond acceptors (Lipinski definition) is 4. The molecule has 1 unspecified atom stereocenters. The number of hydrogen-bond donors (Lipinski definition) is 2. The average molecular weight is 273 g/mol. The second-order valence-electron chi connectivity index (χ2n) is 4.15. The van der Waals surface area contributed by atoms with E-state index in [-0.39, 0.29) is 6.61 Å². The van der Waals surface area contributed by atoms with Gasteiger partial charge in [-0.3, -0.25) is 4.79 Å². The van der Waals surface area contributed by atoms with Crippen molar-refractivity contribution in [1.82, 2.24) is 0 Å². The van der Waals surface area contributed by atoms with Gasteiger partial charge in [-0.2, -0.15) is 0 Å². The molecule has 0 aliphatic heterocycles. The first kappa shape index (κ1) is 13.9. The van der Waals surface area contributed by atoms with Crippen LogP contribution in [0.3, 0.4) is 0 Å². The highest BCUT2D eigenvalue weighted by Gasteiger charge is 2.12. The van der Waals surface area contributed by atoms with Crippen LogP contribution in [0.2, 0.25) is 0 Å². The molecule has 0 fully saturated rings. The molecule has 0 radical (unpaired) electrons. The first-order valence-corrected chi connectivity index (χ1v) is 6.09. The monoisotopic (exact) mass is 273 g/mol. The Morgan fingerprint density at radius 3 is 2.40 bits per heavy atom. The molecule has 2 aromatic carbocycles. The Kier molecular flexibility index (Phi) is 4.57. The van der Waals surface area contributed by atoms with Crippen molar-refractivity contribution in [3.63, 3.8) is 0 Å². The summed E-state index contributed by atoms with van der Waals surface area (Å²) in [5.41, 5.74) is 5.37. The van der Waals surface area contributed by atoms with Crippen LogP contribution >= 0.6 is 0 Å². The van der Waals surface area contributed by atoms with Crippen molar-refractivity contribution in [3.8, 4) is 17.2 Å². The number of para-hydroxylation sites is 1. The summed E-state index contributed by atoms with van der Waals surface area (Å²) >= 11 is 0. The van der Waals surface area contributed by atoms with Gasteiger partial charge in [-0.1, -0.05) is 24.3 Å². The van der Waals surface area contributed by atoms with E-state index in [1.807, 2.05) is 30.3 Å². The molecule has 0 saturated carbocycles. The second kappa shape index (κ2) is 6.58. The Morgan fingerprint density at radius 1 is 1.05 bits per heavy atom. The standard InChI is InChI=1S/C15H15NO4/c16-14(15(17)18)10-19-12-7-4-8-13(9-12)20-11-5-2-1-3-6-11/h1-9,14H,10,16H2,(H,17,18). The lowest BCUT2D eigenvalue weighted by atomic mass is 10.3. The summed E-state index contributed by atoms with van der Waals surface area (Å²) in [4.78, 5) is 10.6. The molecule has 3 N–H and O–H groups in total. The van der Waals surface area contributed by atoms with Crippen molar-refractivity contribution in [2.45, 2.75) is 6.04 Å². The zero-order valence-electron chi connectivity index (χ0n) is 10.7. The third-order valence-electron chi connectivity index (χ3n) is 2.53. The summed E-state index contributed by atoms with van der Waals surface area (Å²) in [5.74, 6) is 0.737. The molecule has 0 spiro atoms. The van der Waals surface area contributed by atoms with Crippen molar-refractivity contribution in [3.05, 3.63) is 54.6 Å². The highest BCUT2D eigenvalue weighted by atomic mass is 16.5. The third kappa shape index (κ3) is 4.00. The predicted molar refractivity (Wildman–Crippen MR) is 74.1 cm³/mol. The van der Waals surface area contributed by atoms with Crippen molar-refractivity contribution in [2.24, 2.45) is 5.73 Å². The predicted octanol–water partition coefficient (Wildman–Crippen LogP) is 2.27. The van der Waals surface area contributed by atoms with Gasteiger partial charge in [0.15, 0.2) is 0 Å². The van der Waals surface area contributed by atoms with Crippen LogP contribution in [-0.4, -0.2) is 23.7 Å². The lowest BCUT2D eigenvalue weighted by Crippen LogP contribution is -2.36. The van der Waals surface area contributed by atoms with Gasteiger partial charge in [0.2, 0.25) is 0 Å². The molecule has 5 nitrogen and oxygen atoms in total. The highest BCUT2D eigenvalue weighted by Crippen LogP contribution is 2.24. The van der Waals surface area contributed by atoms with E-state index in [9.17, 15) is 4.79 Å². The van der Waals surface area contributed by atoms with Gasteiger partial charge in [-0.05, 0) is 24.3 Å². The molecule has 1 atom stereocenters. The molecule has 2 aromatic rings. The van der Waals surface area contributed by atoms with Gasteiger partial charge >= 0.3 is 5.97 Å². The average Bonchev–Trinajstić information content (AvgIpc) is 2.46. The van der Waals surface area contributed by atoms with Gasteiger partial charge in [0.25, 0.3) is 0 Å². The molecule has 0 saturated heterocycles. The SMILES string of the molecule is NC(COc1cccc(Oc2ccccc2)c1)C(=O)O. The largest absolute Gasteiger partial charge is 0.491 e. The molecule has 0 bridgehead atoms. The number of carbonyl (C=O) groups is 1. The molecule has 2 rings (SSSR count). The normalized spacial score (nSPS) is 11.7. The zero-order valence-corrected chi connectivity index (χ0v) is 10.7. The van der Waals surface area contributed by atoms with Crippen LogP contribution < -0.4 is 15.2 Å². The number of carboxylic acid groups (broad SMARTS) is 1. The Labute approximate surface area is 116 Å². The van der Waals surface area contributed by atoms with Gasteiger partial charge < -0.3 is 20.3 Å². The lowest BCUT2D eigenvalue weighted by molar-refractivity contribution is -0.139. The van der Waals surface area contributed by atoms with E-state index in [0.717, 1.165) is 0 Å². The van der Waals surface area contributed by atoms with Crippen LogP contribution in [0.1, 0.15) is 0 Å². The molecule has 0 heterocycles. The van der Waals surface area contributed by atoms with Gasteiger partial charge in [0.1, 0.15) is 29.9 Å². The molecule has 5 heteroatoms. The van der Waals surface area contributed by atoms with Gasteiger partial charge in [-0.15, -0.1) is 0 Å². The molecular formula is C15H15NO4. The number of carboxylic acids is 1. The molecule has 0 amide bonds. The quantitative estimate of drug-likeness (QED) is 0.843. The number of benzene rings is 2. The first-order chi connectivity index (χ1) is 9.65. The number of rotatable bonds is 6. The fourth-order valence-corrected chi connectivity index (χ4v) is 1.51. The summed E-state index contributed by atoms with van der Waals surface area (Å²) in [7, 11) is 0. The Bertz CT molecular complexity index is 571. The summed E-state index contributed by atoms with van der Waals surface area (Å²) in [6.45, 7) is -0.0931. The van der Waals surface area contributed by atoms with Crippen LogP contribution in [0, 0.1) is 0 Å². The van der Waals surface area contributed by atoms with Crippen molar-refractivity contribution in [1.29, 1.82) is 0 Å². The lowest BCUT2D eigenvalue weighted by Gasteiger charge is -2.11. The minimum atomic E-state index is -1.10. The molecular weight excluding hydrogens is 258 g/mol. The number of nitrogens with two attached hydrogens (primary N) is 1. The number of aliphatic carboxylic acids is 1. The van der Waals surface area contributed by atoms with Crippen molar-refractivity contribution >= 4 is 5.97 Å². The van der Waals surface area contributed by atoms with E-state index in [0.29, 0.717) is 17.2 Å². The number of ether oxygens (including phenoxy) is 2. The van der Waals surface area contributed by atoms with Crippen LogP contribution in [0.25, 0.3) is 0 Å². The first-order valence-electron chi connectivity index (χ1n) is 6.09. The fourth-order valence-electron chi connectivity index (χ4n) is 1.51. The maximum Gasteiger partial charge on any atom is 0.324 e. The van der Waals surface area contributed by atoms with Gasteiger partial charge in [0, 0.05) is 6.07 Å². The molecule has 104 valence electrons. The van der Waals surface area contributed by atoms with E-state index in [2.05, 4.69) is 0 Å². The van der Waals surface area contributed by atoms with Crippen LogP contribution in [0.15, 0.2) is 54.6 Å². The van der Waals surface area contributed by atoms with Crippen LogP contribution in [0.4, 0.5) is 0 Å². The van der Waals surface area contributed by atoms with E-state index >= 15 is 0 Å². The molecule has 0 aliphatic carbocycles. The van der Waals surface area contributed by atoms with Crippen molar-refractivity contribution < 1.29 is 19.4 Å². The Hall–Kier alpha value is -2.53. The topological polar surface area (TPSA) is 81.8 Å². The zero-order chi connectivity index (χ0) is 14.4. The van der Waals surface area contributed by atoms with E-state index in [4.69, 9.17) is 20.3 Å². The van der Waals surface area contributed by atoms with Gasteiger partial charge in [-0.25, -0.2) is 0 Å². The fraction of sp³-hybridized carbons (Fsp3) is 0.133. The molecule has 20 heavy (non-hydrogen) atoms. The smallest absolute Gasteiger partial charge is 0.324 e. The van der Waals surface area contributed by atoms with E-state index < -0.39 is 12.0 Å². The molecule has 0 aromatic heterocycles. The maximum atomic E-state index is 10.6. The van der Waals surface area contributed by atoms with Crippen molar-refractivity contribution in [2.75, 3.05) is 6.61 Å². The minimum Gasteiger partial charge on any atom is -0.491 e. The Balaban J connectivity index is 1.99. The Morgan fingerprint density at radius 2 is 1.70 bits per heavy atom. The summed E-state index contributed by atoms with van der Waals surface area (Å²) in [5, 5.41) is 8.68. The summed E-state index contributed by atoms with van der Waals surface area (Å²) < 4.78 is 11.0. The van der Waals surface area contributed by atoms with E-state index in [1.54, 1.807) is 24.3 Å². The summed E-state index contributed by atoms with van der Waals surface area (Å²) in [6.07, 6.45) is 0. The second-order valence-corrected chi connectivity index (χ2v) is 4.15. The molecule has 0 aliphatic rings. The van der Waals surface area contributed by atoms with Crippen LogP contribution in [-0.2, 0) is 4.79 Å². The third-order valence-corrected chi connectivity index (χ3v) is 2.53.